The van der Waals surface area contributed by atoms with Crippen molar-refractivity contribution in [3.8, 4) is 5.75 Å². The molecule has 0 bridgehead atoms. The minimum atomic E-state index is 0.583. The minimum Gasteiger partial charge on any atom is -0.492 e. The summed E-state index contributed by atoms with van der Waals surface area (Å²) in [5.74, 6) is 0.776. The van der Waals surface area contributed by atoms with Crippen LogP contribution in [0.5, 0.6) is 5.75 Å². The summed E-state index contributed by atoms with van der Waals surface area (Å²) < 4.78 is 5.69. The third kappa shape index (κ3) is 5.49. The van der Waals surface area contributed by atoms with Crippen LogP contribution in [0.1, 0.15) is 18.3 Å². The SMILES string of the molecule is CCOc1ccccc1NC(=S)N(Cc1ccccn1)Cc1ccccn1. The maximum Gasteiger partial charge on any atom is 0.174 e. The van der Waals surface area contributed by atoms with Crippen LogP contribution in [0.2, 0.25) is 0 Å². The predicted octanol–water partition coefficient (Wildman–Crippen LogP) is 4.27. The van der Waals surface area contributed by atoms with Crippen LogP contribution < -0.4 is 10.1 Å². The molecule has 0 amide bonds. The van der Waals surface area contributed by atoms with Gasteiger partial charge in [-0.15, -0.1) is 0 Å². The van der Waals surface area contributed by atoms with Gasteiger partial charge in [-0.2, -0.15) is 0 Å². The third-order valence-corrected chi connectivity index (χ3v) is 4.23. The predicted molar refractivity (Wildman–Crippen MR) is 112 cm³/mol. The molecule has 1 N–H and O–H groups in total. The van der Waals surface area contributed by atoms with Gasteiger partial charge in [-0.25, -0.2) is 0 Å². The number of thiocarbonyl (C=S) groups is 1. The molecule has 3 rings (SSSR count). The number of benzene rings is 1. The van der Waals surface area contributed by atoms with Crippen molar-refractivity contribution in [3.63, 3.8) is 0 Å². The second-order valence-corrected chi connectivity index (χ2v) is 6.24. The average molecular weight is 379 g/mol. The third-order valence-electron chi connectivity index (χ3n) is 3.87. The number of pyridine rings is 2. The molecule has 0 saturated carbocycles. The zero-order valence-electron chi connectivity index (χ0n) is 15.2. The van der Waals surface area contributed by atoms with Crippen molar-refractivity contribution in [1.29, 1.82) is 0 Å². The summed E-state index contributed by atoms with van der Waals surface area (Å²) in [5.41, 5.74) is 2.72. The van der Waals surface area contributed by atoms with Gasteiger partial charge in [0.2, 0.25) is 0 Å². The van der Waals surface area contributed by atoms with Crippen molar-refractivity contribution in [2.24, 2.45) is 0 Å². The Hall–Kier alpha value is -2.99. The summed E-state index contributed by atoms with van der Waals surface area (Å²) in [6, 6.07) is 19.5. The number of hydrogen-bond donors (Lipinski definition) is 1. The van der Waals surface area contributed by atoms with Crippen molar-refractivity contribution < 1.29 is 4.74 Å². The quantitative estimate of drug-likeness (QED) is 0.620. The van der Waals surface area contributed by atoms with E-state index in [9.17, 15) is 0 Å². The normalized spacial score (nSPS) is 10.3. The van der Waals surface area contributed by atoms with E-state index < -0.39 is 0 Å². The number of rotatable bonds is 7. The van der Waals surface area contributed by atoms with Crippen LogP contribution in [0, 0.1) is 0 Å². The zero-order chi connectivity index (χ0) is 18.9. The highest BCUT2D eigenvalue weighted by Gasteiger charge is 2.14. The van der Waals surface area contributed by atoms with Crippen LogP contribution in [0.4, 0.5) is 5.69 Å². The standard InChI is InChI=1S/C21H22N4OS/c1-2-26-20-12-4-3-11-19(20)24-21(27)25(15-17-9-5-7-13-22-17)16-18-10-6-8-14-23-18/h3-14H,2,15-16H2,1H3,(H,24,27). The Balaban J connectivity index is 1.80. The van der Waals surface area contributed by atoms with E-state index in [0.29, 0.717) is 24.8 Å². The molecule has 1 aromatic carbocycles. The number of ether oxygens (including phenoxy) is 1. The van der Waals surface area contributed by atoms with Crippen molar-refractivity contribution in [2.45, 2.75) is 20.0 Å². The number of nitrogens with one attached hydrogen (secondary N) is 1. The van der Waals surface area contributed by atoms with Gasteiger partial charge in [0, 0.05) is 12.4 Å². The Morgan fingerprint density at radius 3 is 2.07 bits per heavy atom. The molecule has 5 nitrogen and oxygen atoms in total. The molecule has 0 unspecified atom stereocenters. The Labute approximate surface area is 165 Å². The molecule has 3 aromatic rings. The molecule has 0 spiro atoms. The van der Waals surface area contributed by atoms with E-state index >= 15 is 0 Å². The maximum absolute atomic E-state index is 5.70. The average Bonchev–Trinajstić information content (AvgIpc) is 2.71. The number of para-hydroxylation sites is 2. The zero-order valence-corrected chi connectivity index (χ0v) is 16.0. The van der Waals surface area contributed by atoms with E-state index in [-0.39, 0.29) is 0 Å². The Morgan fingerprint density at radius 2 is 1.52 bits per heavy atom. The lowest BCUT2D eigenvalue weighted by molar-refractivity contribution is 0.341. The topological polar surface area (TPSA) is 50.3 Å². The van der Waals surface area contributed by atoms with Crippen molar-refractivity contribution in [1.82, 2.24) is 14.9 Å². The number of aromatic nitrogens is 2. The largest absolute Gasteiger partial charge is 0.492 e. The van der Waals surface area contributed by atoms with Gasteiger partial charge in [0.25, 0.3) is 0 Å². The van der Waals surface area contributed by atoms with Gasteiger partial charge in [0.05, 0.1) is 36.8 Å². The van der Waals surface area contributed by atoms with E-state index in [1.165, 1.54) is 0 Å². The lowest BCUT2D eigenvalue weighted by Crippen LogP contribution is -2.34. The van der Waals surface area contributed by atoms with Crippen LogP contribution in [0.15, 0.2) is 73.1 Å². The summed E-state index contributed by atoms with van der Waals surface area (Å²) in [6.45, 7) is 3.72. The van der Waals surface area contributed by atoms with Gasteiger partial charge in [-0.1, -0.05) is 24.3 Å². The molecular formula is C21H22N4OS. The van der Waals surface area contributed by atoms with Gasteiger partial charge >= 0.3 is 0 Å². The molecule has 2 aromatic heterocycles. The molecule has 138 valence electrons. The highest BCUT2D eigenvalue weighted by molar-refractivity contribution is 7.80. The van der Waals surface area contributed by atoms with E-state index in [0.717, 1.165) is 22.8 Å². The van der Waals surface area contributed by atoms with Crippen molar-refractivity contribution >= 4 is 23.0 Å². The summed E-state index contributed by atoms with van der Waals surface area (Å²) in [7, 11) is 0. The van der Waals surface area contributed by atoms with Crippen molar-refractivity contribution in [3.05, 3.63) is 84.4 Å². The van der Waals surface area contributed by atoms with Crippen LogP contribution in [0.25, 0.3) is 0 Å². The monoisotopic (exact) mass is 378 g/mol. The highest BCUT2D eigenvalue weighted by atomic mass is 32.1. The van der Waals surface area contributed by atoms with Gasteiger partial charge in [0.1, 0.15) is 5.75 Å². The molecule has 0 radical (unpaired) electrons. The van der Waals surface area contributed by atoms with Crippen LogP contribution in [-0.2, 0) is 13.1 Å². The first-order valence-corrected chi connectivity index (χ1v) is 9.24. The molecule has 27 heavy (non-hydrogen) atoms. The molecule has 2 heterocycles. The summed E-state index contributed by atoms with van der Waals surface area (Å²) >= 11 is 5.70. The minimum absolute atomic E-state index is 0.583. The second kappa shape index (κ2) is 9.64. The van der Waals surface area contributed by atoms with E-state index in [1.54, 1.807) is 12.4 Å². The molecule has 0 atom stereocenters. The maximum atomic E-state index is 5.70. The summed E-state index contributed by atoms with van der Waals surface area (Å²) in [6.07, 6.45) is 3.57. The Bertz CT molecular complexity index is 817. The molecule has 0 aliphatic heterocycles. The highest BCUT2D eigenvalue weighted by Crippen LogP contribution is 2.24. The van der Waals surface area contributed by atoms with Gasteiger partial charge in [0.15, 0.2) is 5.11 Å². The first kappa shape index (κ1) is 18.8. The van der Waals surface area contributed by atoms with E-state index in [2.05, 4.69) is 15.3 Å². The fraction of sp³-hybridized carbons (Fsp3) is 0.190. The number of anilines is 1. The molecule has 0 aliphatic carbocycles. The Morgan fingerprint density at radius 1 is 0.926 bits per heavy atom. The summed E-state index contributed by atoms with van der Waals surface area (Å²) in [4.78, 5) is 10.9. The van der Waals surface area contributed by atoms with Crippen LogP contribution >= 0.6 is 12.2 Å². The smallest absolute Gasteiger partial charge is 0.174 e. The lowest BCUT2D eigenvalue weighted by atomic mass is 10.3. The molecule has 6 heteroatoms. The molecular weight excluding hydrogens is 356 g/mol. The molecule has 0 fully saturated rings. The molecule has 0 saturated heterocycles. The first-order valence-electron chi connectivity index (χ1n) is 8.84. The van der Waals surface area contributed by atoms with E-state index in [1.807, 2.05) is 72.5 Å². The van der Waals surface area contributed by atoms with Gasteiger partial charge in [-0.05, 0) is 55.5 Å². The van der Waals surface area contributed by atoms with E-state index in [4.69, 9.17) is 17.0 Å². The molecule has 0 aliphatic rings. The van der Waals surface area contributed by atoms with Gasteiger partial charge < -0.3 is 15.0 Å². The number of hydrogen-bond acceptors (Lipinski definition) is 4. The first-order chi connectivity index (χ1) is 13.3. The second-order valence-electron chi connectivity index (χ2n) is 5.86. The summed E-state index contributed by atoms with van der Waals surface area (Å²) in [5, 5.41) is 3.91. The number of nitrogens with zero attached hydrogens (tertiary/aromatic N) is 3. The fourth-order valence-electron chi connectivity index (χ4n) is 2.62. The van der Waals surface area contributed by atoms with Gasteiger partial charge in [-0.3, -0.25) is 9.97 Å². The lowest BCUT2D eigenvalue weighted by Gasteiger charge is -2.26. The Kier molecular flexibility index (Phi) is 6.71. The van der Waals surface area contributed by atoms with Crippen LogP contribution in [-0.4, -0.2) is 26.6 Å². The fourth-order valence-corrected chi connectivity index (χ4v) is 2.86. The van der Waals surface area contributed by atoms with Crippen molar-refractivity contribution in [2.75, 3.05) is 11.9 Å². The van der Waals surface area contributed by atoms with Crippen LogP contribution in [0.3, 0.4) is 0 Å².